The molecule has 0 aliphatic rings. The van der Waals surface area contributed by atoms with E-state index in [2.05, 4.69) is 10.0 Å². The molecule has 0 heterocycles. The van der Waals surface area contributed by atoms with Gasteiger partial charge in [0.25, 0.3) is 0 Å². The van der Waals surface area contributed by atoms with E-state index in [1.165, 1.54) is 19.2 Å². The van der Waals surface area contributed by atoms with Crippen LogP contribution in [0.2, 0.25) is 0 Å². The lowest BCUT2D eigenvalue weighted by Crippen LogP contribution is -2.32. The Bertz CT molecular complexity index is 569. The number of nitrogens with one attached hydrogen (secondary N) is 2. The highest BCUT2D eigenvalue weighted by Crippen LogP contribution is 2.28. The van der Waals surface area contributed by atoms with Gasteiger partial charge in [0.05, 0.1) is 25.1 Å². The van der Waals surface area contributed by atoms with E-state index in [0.717, 1.165) is 6.26 Å². The molecule has 106 valence electrons. The van der Waals surface area contributed by atoms with Gasteiger partial charge >= 0.3 is 0 Å². The van der Waals surface area contributed by atoms with Crippen LogP contribution >= 0.6 is 0 Å². The van der Waals surface area contributed by atoms with Crippen LogP contribution in [0.3, 0.4) is 0 Å². The van der Waals surface area contributed by atoms with E-state index in [-0.39, 0.29) is 5.91 Å². The summed E-state index contributed by atoms with van der Waals surface area (Å²) in [7, 11) is -1.99. The van der Waals surface area contributed by atoms with Gasteiger partial charge in [0.2, 0.25) is 15.9 Å². The summed E-state index contributed by atoms with van der Waals surface area (Å²) in [6.07, 6.45) is 1.04. The van der Waals surface area contributed by atoms with E-state index in [0.29, 0.717) is 17.1 Å². The monoisotopic (exact) mass is 287 g/mol. The third kappa shape index (κ3) is 4.76. The van der Waals surface area contributed by atoms with E-state index in [1.54, 1.807) is 13.0 Å². The zero-order chi connectivity index (χ0) is 14.6. The van der Waals surface area contributed by atoms with Crippen LogP contribution in [-0.4, -0.2) is 33.7 Å². The smallest absolute Gasteiger partial charge is 0.241 e. The number of carbonyl (C=O) groups excluding carboxylic acids is 1. The maximum Gasteiger partial charge on any atom is 0.241 e. The molecule has 1 amide bonds. The fourth-order valence-corrected chi connectivity index (χ4v) is 1.88. The minimum absolute atomic E-state index is 0.295. The van der Waals surface area contributed by atoms with E-state index >= 15 is 0 Å². The van der Waals surface area contributed by atoms with Crippen LogP contribution in [0.5, 0.6) is 5.75 Å². The number of anilines is 2. The van der Waals surface area contributed by atoms with Gasteiger partial charge in [0.15, 0.2) is 0 Å². The van der Waals surface area contributed by atoms with Crippen molar-refractivity contribution < 1.29 is 17.9 Å². The molecule has 0 saturated heterocycles. The van der Waals surface area contributed by atoms with Gasteiger partial charge in [-0.1, -0.05) is 0 Å². The summed E-state index contributed by atoms with van der Waals surface area (Å²) in [5.74, 6) is -0.0428. The molecular formula is C11H17N3O4S. The van der Waals surface area contributed by atoms with Gasteiger partial charge in [-0.25, -0.2) is 8.42 Å². The average Bonchev–Trinajstić information content (AvgIpc) is 2.29. The molecule has 0 radical (unpaired) electrons. The molecule has 0 aliphatic heterocycles. The van der Waals surface area contributed by atoms with E-state index < -0.39 is 16.1 Å². The van der Waals surface area contributed by atoms with E-state index in [9.17, 15) is 13.2 Å². The molecule has 1 aromatic rings. The minimum Gasteiger partial charge on any atom is -0.494 e. The first-order valence-electron chi connectivity index (χ1n) is 5.45. The van der Waals surface area contributed by atoms with Crippen LogP contribution in [0.15, 0.2) is 18.2 Å². The first-order chi connectivity index (χ1) is 8.73. The van der Waals surface area contributed by atoms with Gasteiger partial charge in [0.1, 0.15) is 5.75 Å². The van der Waals surface area contributed by atoms with Gasteiger partial charge < -0.3 is 15.8 Å². The third-order valence-corrected chi connectivity index (χ3v) is 2.77. The van der Waals surface area contributed by atoms with Crippen molar-refractivity contribution in [2.75, 3.05) is 23.4 Å². The normalized spacial score (nSPS) is 12.6. The zero-order valence-corrected chi connectivity index (χ0v) is 11.7. The molecular weight excluding hydrogens is 270 g/mol. The number of sulfonamides is 1. The van der Waals surface area contributed by atoms with E-state index in [1.807, 2.05) is 0 Å². The van der Waals surface area contributed by atoms with Crippen molar-refractivity contribution >= 4 is 27.3 Å². The summed E-state index contributed by atoms with van der Waals surface area (Å²) in [4.78, 5) is 11.4. The standard InChI is InChI=1S/C11H17N3O4S/c1-7(12)11(15)13-8-4-5-9(10(6-8)18-2)14-19(3,16)17/h4-7,14H,12H2,1-3H3,(H,13,15)/t7-/m0/s1. The van der Waals surface area contributed by atoms with Crippen molar-refractivity contribution in [3.05, 3.63) is 18.2 Å². The van der Waals surface area contributed by atoms with E-state index in [4.69, 9.17) is 10.5 Å². The lowest BCUT2D eigenvalue weighted by atomic mass is 10.2. The van der Waals surface area contributed by atoms with Crippen molar-refractivity contribution in [1.82, 2.24) is 0 Å². The van der Waals surface area contributed by atoms with Gasteiger partial charge in [-0.05, 0) is 19.1 Å². The molecule has 0 unspecified atom stereocenters. The lowest BCUT2D eigenvalue weighted by molar-refractivity contribution is -0.117. The number of hydrogen-bond acceptors (Lipinski definition) is 5. The summed E-state index contributed by atoms with van der Waals surface area (Å²) in [5.41, 5.74) is 6.20. The first kappa shape index (κ1) is 15.3. The number of amides is 1. The number of ether oxygens (including phenoxy) is 1. The summed E-state index contributed by atoms with van der Waals surface area (Å²) in [5, 5.41) is 2.58. The molecule has 0 spiro atoms. The number of carbonyl (C=O) groups is 1. The highest BCUT2D eigenvalue weighted by molar-refractivity contribution is 7.92. The van der Waals surface area contributed by atoms with Crippen LogP contribution in [0.4, 0.5) is 11.4 Å². The fourth-order valence-electron chi connectivity index (χ4n) is 1.31. The summed E-state index contributed by atoms with van der Waals surface area (Å²) in [6, 6.07) is 3.92. The molecule has 1 aromatic carbocycles. The Balaban J connectivity index is 2.99. The number of nitrogens with two attached hydrogens (primary N) is 1. The van der Waals surface area contributed by atoms with Crippen molar-refractivity contribution in [1.29, 1.82) is 0 Å². The molecule has 7 nitrogen and oxygen atoms in total. The highest BCUT2D eigenvalue weighted by Gasteiger charge is 2.12. The predicted octanol–water partition coefficient (Wildman–Crippen LogP) is 0.352. The van der Waals surface area contributed by atoms with Crippen molar-refractivity contribution in [3.63, 3.8) is 0 Å². The molecule has 1 atom stereocenters. The number of benzene rings is 1. The number of methoxy groups -OCH3 is 1. The number of rotatable bonds is 5. The van der Waals surface area contributed by atoms with Gasteiger partial charge in [-0.15, -0.1) is 0 Å². The lowest BCUT2D eigenvalue weighted by Gasteiger charge is -2.13. The maximum atomic E-state index is 11.4. The second-order valence-electron chi connectivity index (χ2n) is 4.07. The molecule has 1 rings (SSSR count). The van der Waals surface area contributed by atoms with Crippen LogP contribution in [0, 0.1) is 0 Å². The highest BCUT2D eigenvalue weighted by atomic mass is 32.2. The van der Waals surface area contributed by atoms with Crippen LogP contribution in [-0.2, 0) is 14.8 Å². The van der Waals surface area contributed by atoms with Crippen molar-refractivity contribution in [3.8, 4) is 5.75 Å². The average molecular weight is 287 g/mol. The molecule has 0 fully saturated rings. The molecule has 0 aliphatic carbocycles. The Morgan fingerprint density at radius 3 is 2.53 bits per heavy atom. The Labute approximate surface area is 112 Å². The molecule has 8 heteroatoms. The minimum atomic E-state index is -3.40. The van der Waals surface area contributed by atoms with Crippen LogP contribution < -0.4 is 20.5 Å². The third-order valence-electron chi connectivity index (χ3n) is 2.18. The Morgan fingerprint density at radius 2 is 2.05 bits per heavy atom. The quantitative estimate of drug-likeness (QED) is 0.724. The zero-order valence-electron chi connectivity index (χ0n) is 10.9. The second kappa shape index (κ2) is 5.89. The SMILES string of the molecule is COc1cc(NC(=O)[C@H](C)N)ccc1NS(C)(=O)=O. The summed E-state index contributed by atoms with van der Waals surface area (Å²) in [6.45, 7) is 1.56. The molecule has 19 heavy (non-hydrogen) atoms. The molecule has 0 saturated carbocycles. The molecule has 4 N–H and O–H groups in total. The molecule has 0 bridgehead atoms. The topological polar surface area (TPSA) is 111 Å². The Morgan fingerprint density at radius 1 is 1.42 bits per heavy atom. The Kier molecular flexibility index (Phi) is 4.73. The van der Waals surface area contributed by atoms with Gasteiger partial charge in [-0.3, -0.25) is 9.52 Å². The number of hydrogen-bond donors (Lipinski definition) is 3. The second-order valence-corrected chi connectivity index (χ2v) is 5.82. The van der Waals surface area contributed by atoms with Gasteiger partial charge in [-0.2, -0.15) is 0 Å². The van der Waals surface area contributed by atoms with Crippen LogP contribution in [0.1, 0.15) is 6.92 Å². The summed E-state index contributed by atoms with van der Waals surface area (Å²) < 4.78 is 29.7. The van der Waals surface area contributed by atoms with Crippen molar-refractivity contribution in [2.24, 2.45) is 5.73 Å². The largest absolute Gasteiger partial charge is 0.494 e. The fraction of sp³-hybridized carbons (Fsp3) is 0.364. The predicted molar refractivity (Wildman–Crippen MR) is 73.7 cm³/mol. The van der Waals surface area contributed by atoms with Gasteiger partial charge in [0, 0.05) is 11.8 Å². The maximum absolute atomic E-state index is 11.4. The van der Waals surface area contributed by atoms with Crippen molar-refractivity contribution in [2.45, 2.75) is 13.0 Å². The Hall–Kier alpha value is -1.80. The van der Waals surface area contributed by atoms with Crippen LogP contribution in [0.25, 0.3) is 0 Å². The first-order valence-corrected chi connectivity index (χ1v) is 7.34. The summed E-state index contributed by atoms with van der Waals surface area (Å²) >= 11 is 0. The molecule has 0 aromatic heterocycles.